The number of carboxylic acid groups (broad SMARTS) is 1. The zero-order valence-electron chi connectivity index (χ0n) is 21.3. The van der Waals surface area contributed by atoms with Crippen LogP contribution in [0.25, 0.3) is 11.1 Å². The van der Waals surface area contributed by atoms with Gasteiger partial charge < -0.3 is 30.5 Å². The van der Waals surface area contributed by atoms with E-state index in [4.69, 9.17) is 9.84 Å². The van der Waals surface area contributed by atoms with Gasteiger partial charge in [0.15, 0.2) is 0 Å². The number of hydrogen-bond donors (Lipinski definition) is 4. The lowest BCUT2D eigenvalue weighted by molar-refractivity contribution is 0.0919. The number of amides is 2. The standard InChI is InChI=1S/C28H31FN4O5/c1-33(2)16-18-12-22(34)10-11-24(18)17-4-3-5-23(13-17)38-27-25(14-19(29)15-30-27)26(35)31-20-6-8-21(9-7-20)32-28(36)37/h3-5,10-15,20-21,32,34H,6-9,16H2,1-2H3,(H,31,35)(H,36,37)/t20-,21-. The summed E-state index contributed by atoms with van der Waals surface area (Å²) in [5, 5.41) is 24.2. The van der Waals surface area contributed by atoms with Gasteiger partial charge in [-0.1, -0.05) is 18.2 Å². The first kappa shape index (κ1) is 26.9. The summed E-state index contributed by atoms with van der Waals surface area (Å²) in [6, 6.07) is 13.2. The number of benzene rings is 2. The van der Waals surface area contributed by atoms with Crippen molar-refractivity contribution >= 4 is 12.0 Å². The molecule has 1 aliphatic rings. The molecule has 2 aromatic carbocycles. The van der Waals surface area contributed by atoms with Crippen molar-refractivity contribution in [1.29, 1.82) is 0 Å². The Morgan fingerprint density at radius 1 is 1.05 bits per heavy atom. The van der Waals surface area contributed by atoms with E-state index in [0.717, 1.165) is 29.0 Å². The quantitative estimate of drug-likeness (QED) is 0.336. The maximum Gasteiger partial charge on any atom is 0.404 e. The molecule has 0 bridgehead atoms. The molecule has 1 saturated carbocycles. The molecular formula is C28H31FN4O5. The number of rotatable bonds is 8. The van der Waals surface area contributed by atoms with Crippen LogP contribution in [0.5, 0.6) is 17.4 Å². The Kier molecular flexibility index (Phi) is 8.42. The maximum absolute atomic E-state index is 14.1. The third-order valence-electron chi connectivity index (χ3n) is 6.39. The van der Waals surface area contributed by atoms with E-state index in [2.05, 4.69) is 15.6 Å². The number of nitrogens with one attached hydrogen (secondary N) is 2. The molecule has 0 saturated heterocycles. The molecule has 2 amide bonds. The van der Waals surface area contributed by atoms with Crippen molar-refractivity contribution in [1.82, 2.24) is 20.5 Å². The molecule has 38 heavy (non-hydrogen) atoms. The van der Waals surface area contributed by atoms with Crippen LogP contribution >= 0.6 is 0 Å². The first-order valence-electron chi connectivity index (χ1n) is 12.4. The fourth-order valence-corrected chi connectivity index (χ4v) is 4.66. The Labute approximate surface area is 220 Å². The molecule has 1 fully saturated rings. The molecule has 0 unspecified atom stereocenters. The predicted octanol–water partition coefficient (Wildman–Crippen LogP) is 4.76. The second-order valence-corrected chi connectivity index (χ2v) is 9.69. The number of pyridine rings is 1. The third-order valence-corrected chi connectivity index (χ3v) is 6.39. The van der Waals surface area contributed by atoms with E-state index in [1.807, 2.05) is 37.2 Å². The molecule has 4 N–H and O–H groups in total. The van der Waals surface area contributed by atoms with E-state index < -0.39 is 17.8 Å². The van der Waals surface area contributed by atoms with Crippen molar-refractivity contribution in [3.05, 3.63) is 71.7 Å². The van der Waals surface area contributed by atoms with Crippen molar-refractivity contribution in [2.45, 2.75) is 44.3 Å². The van der Waals surface area contributed by atoms with Crippen molar-refractivity contribution in [3.63, 3.8) is 0 Å². The summed E-state index contributed by atoms with van der Waals surface area (Å²) in [6.45, 7) is 0.618. The van der Waals surface area contributed by atoms with Crippen molar-refractivity contribution in [2.24, 2.45) is 0 Å². The van der Waals surface area contributed by atoms with Gasteiger partial charge in [-0.15, -0.1) is 0 Å². The maximum atomic E-state index is 14.1. The van der Waals surface area contributed by atoms with Gasteiger partial charge in [-0.2, -0.15) is 0 Å². The monoisotopic (exact) mass is 522 g/mol. The highest BCUT2D eigenvalue weighted by Crippen LogP contribution is 2.32. The normalized spacial score (nSPS) is 17.2. The van der Waals surface area contributed by atoms with Crippen molar-refractivity contribution in [2.75, 3.05) is 14.1 Å². The van der Waals surface area contributed by atoms with Crippen LogP contribution in [-0.2, 0) is 6.54 Å². The zero-order chi connectivity index (χ0) is 27.2. The number of phenolic OH excluding ortho intramolecular Hbond substituents is 1. The number of carbonyl (C=O) groups is 2. The Balaban J connectivity index is 1.52. The Bertz CT molecular complexity index is 1310. The molecule has 1 aliphatic carbocycles. The van der Waals surface area contributed by atoms with Gasteiger partial charge in [0.2, 0.25) is 5.88 Å². The molecule has 10 heteroatoms. The van der Waals surface area contributed by atoms with Gasteiger partial charge in [0.05, 0.1) is 6.20 Å². The number of aromatic nitrogens is 1. The van der Waals surface area contributed by atoms with Crippen LogP contribution in [0.4, 0.5) is 9.18 Å². The van der Waals surface area contributed by atoms with E-state index in [9.17, 15) is 19.1 Å². The summed E-state index contributed by atoms with van der Waals surface area (Å²) in [5.74, 6) is -0.607. The third kappa shape index (κ3) is 6.98. The largest absolute Gasteiger partial charge is 0.508 e. The number of aromatic hydroxyl groups is 1. The SMILES string of the molecule is CN(C)Cc1cc(O)ccc1-c1cccc(Oc2ncc(F)cc2C(=O)N[C@H]2CC[C@H](NC(=O)O)CC2)c1. The molecule has 200 valence electrons. The van der Waals surface area contributed by atoms with Gasteiger partial charge in [0.25, 0.3) is 5.91 Å². The minimum atomic E-state index is -1.06. The highest BCUT2D eigenvalue weighted by atomic mass is 19.1. The van der Waals surface area contributed by atoms with Crippen LogP contribution in [0, 0.1) is 5.82 Å². The molecule has 9 nitrogen and oxygen atoms in total. The molecule has 1 heterocycles. The number of carbonyl (C=O) groups excluding carboxylic acids is 1. The van der Waals surface area contributed by atoms with Crippen LogP contribution < -0.4 is 15.4 Å². The summed E-state index contributed by atoms with van der Waals surface area (Å²) >= 11 is 0. The minimum absolute atomic E-state index is 0.0264. The molecule has 1 aromatic heterocycles. The van der Waals surface area contributed by atoms with Gasteiger partial charge in [-0.05, 0) is 86.8 Å². The molecule has 0 aliphatic heterocycles. The second kappa shape index (κ2) is 11.9. The average Bonchev–Trinajstić information content (AvgIpc) is 2.86. The zero-order valence-corrected chi connectivity index (χ0v) is 21.3. The number of phenols is 1. The fourth-order valence-electron chi connectivity index (χ4n) is 4.66. The van der Waals surface area contributed by atoms with Crippen LogP contribution in [0.3, 0.4) is 0 Å². The van der Waals surface area contributed by atoms with E-state index in [1.54, 1.807) is 24.3 Å². The average molecular weight is 523 g/mol. The van der Waals surface area contributed by atoms with Gasteiger partial charge in [-0.25, -0.2) is 14.2 Å². The summed E-state index contributed by atoms with van der Waals surface area (Å²) in [6.07, 6.45) is 2.32. The van der Waals surface area contributed by atoms with Gasteiger partial charge in [-0.3, -0.25) is 4.79 Å². The predicted molar refractivity (Wildman–Crippen MR) is 140 cm³/mol. The molecule has 0 radical (unpaired) electrons. The molecule has 4 rings (SSSR count). The van der Waals surface area contributed by atoms with Crippen LogP contribution in [0.1, 0.15) is 41.6 Å². The summed E-state index contributed by atoms with van der Waals surface area (Å²) in [4.78, 5) is 30.0. The summed E-state index contributed by atoms with van der Waals surface area (Å²) < 4.78 is 20.0. The molecule has 0 spiro atoms. The van der Waals surface area contributed by atoms with Gasteiger partial charge in [0, 0.05) is 18.6 Å². The first-order valence-corrected chi connectivity index (χ1v) is 12.4. The highest BCUT2D eigenvalue weighted by Gasteiger charge is 2.25. The van der Waals surface area contributed by atoms with E-state index in [-0.39, 0.29) is 29.3 Å². The number of halogens is 1. The van der Waals surface area contributed by atoms with E-state index in [1.165, 1.54) is 0 Å². The van der Waals surface area contributed by atoms with Crippen LogP contribution in [-0.4, -0.2) is 58.3 Å². The van der Waals surface area contributed by atoms with Crippen molar-refractivity contribution in [3.8, 4) is 28.5 Å². The highest BCUT2D eigenvalue weighted by molar-refractivity contribution is 5.96. The number of ether oxygens (including phenoxy) is 1. The fraction of sp³-hybridized carbons (Fsp3) is 0.321. The molecule has 3 aromatic rings. The van der Waals surface area contributed by atoms with Gasteiger partial charge in [0.1, 0.15) is 22.9 Å². The summed E-state index contributed by atoms with van der Waals surface area (Å²) in [5.41, 5.74) is 2.67. The lowest BCUT2D eigenvalue weighted by Crippen LogP contribution is -2.43. The minimum Gasteiger partial charge on any atom is -0.508 e. The van der Waals surface area contributed by atoms with E-state index >= 15 is 0 Å². The Morgan fingerprint density at radius 2 is 1.76 bits per heavy atom. The van der Waals surface area contributed by atoms with Crippen LogP contribution in [0.2, 0.25) is 0 Å². The number of hydrogen-bond acceptors (Lipinski definition) is 6. The smallest absolute Gasteiger partial charge is 0.404 e. The summed E-state index contributed by atoms with van der Waals surface area (Å²) in [7, 11) is 3.89. The second-order valence-electron chi connectivity index (χ2n) is 9.69. The molecule has 0 atom stereocenters. The lowest BCUT2D eigenvalue weighted by Gasteiger charge is -2.29. The van der Waals surface area contributed by atoms with E-state index in [0.29, 0.717) is 38.0 Å². The topological polar surface area (TPSA) is 124 Å². The lowest BCUT2D eigenvalue weighted by atomic mass is 9.91. The molecular weight excluding hydrogens is 491 g/mol. The van der Waals surface area contributed by atoms with Gasteiger partial charge >= 0.3 is 6.09 Å². The Hall–Kier alpha value is -4.18. The first-order chi connectivity index (χ1) is 18.2. The number of nitrogens with zero attached hydrogens (tertiary/aromatic N) is 2. The Morgan fingerprint density at radius 3 is 2.45 bits per heavy atom. The van der Waals surface area contributed by atoms with Crippen LogP contribution in [0.15, 0.2) is 54.7 Å². The van der Waals surface area contributed by atoms with Crippen molar-refractivity contribution < 1.29 is 28.9 Å².